The van der Waals surface area contributed by atoms with Crippen LogP contribution in [0.25, 0.3) is 11.2 Å². The van der Waals surface area contributed by atoms with Crippen LogP contribution in [-0.2, 0) is 4.79 Å². The van der Waals surface area contributed by atoms with Crippen molar-refractivity contribution in [3.63, 3.8) is 0 Å². The molecule has 0 bridgehead atoms. The second-order valence-corrected chi connectivity index (χ2v) is 5.70. The Morgan fingerprint density at radius 2 is 2.21 bits per heavy atom. The highest BCUT2D eigenvalue weighted by atomic mass is 32.2. The smallest absolute Gasteiger partial charge is 0.277 e. The number of nitrogens with zero attached hydrogens (tertiary/aromatic N) is 2. The number of nitrogens with one attached hydrogen (secondary N) is 3. The van der Waals surface area contributed by atoms with Gasteiger partial charge in [0.1, 0.15) is 5.75 Å². The van der Waals surface area contributed by atoms with Crippen molar-refractivity contribution in [1.29, 1.82) is 0 Å². The minimum absolute atomic E-state index is 0.0966. The monoisotopic (exact) mass is 345 g/mol. The van der Waals surface area contributed by atoms with Crippen molar-refractivity contribution in [3.8, 4) is 5.75 Å². The number of rotatable bonds is 6. The number of para-hydroxylation sites is 2. The van der Waals surface area contributed by atoms with Crippen molar-refractivity contribution < 1.29 is 9.53 Å². The molecule has 0 unspecified atom stereocenters. The molecule has 9 heteroatoms. The number of carbonyl (C=O) groups is 1. The van der Waals surface area contributed by atoms with Gasteiger partial charge in [0.25, 0.3) is 5.56 Å². The zero-order chi connectivity index (χ0) is 16.9. The number of H-pyrrole nitrogens is 2. The van der Waals surface area contributed by atoms with Crippen molar-refractivity contribution in [3.05, 3.63) is 40.9 Å². The Hall–Kier alpha value is -2.81. The maximum atomic E-state index is 12.1. The summed E-state index contributed by atoms with van der Waals surface area (Å²) < 4.78 is 5.46. The predicted molar refractivity (Wildman–Crippen MR) is 91.5 cm³/mol. The molecule has 3 rings (SSSR count). The first-order valence-electron chi connectivity index (χ1n) is 7.25. The van der Waals surface area contributed by atoms with Crippen LogP contribution in [0.2, 0.25) is 0 Å². The van der Waals surface area contributed by atoms with E-state index in [-0.39, 0.29) is 17.2 Å². The molecule has 1 amide bonds. The molecule has 2 heterocycles. The van der Waals surface area contributed by atoms with Gasteiger partial charge in [0.2, 0.25) is 5.91 Å². The van der Waals surface area contributed by atoms with E-state index in [0.717, 1.165) is 11.8 Å². The van der Waals surface area contributed by atoms with Gasteiger partial charge in [-0.25, -0.2) is 9.97 Å². The van der Waals surface area contributed by atoms with Crippen LogP contribution in [0.4, 0.5) is 5.69 Å². The minimum atomic E-state index is -0.318. The lowest BCUT2D eigenvalue weighted by Gasteiger charge is -2.10. The molecule has 3 aromatic rings. The van der Waals surface area contributed by atoms with Crippen LogP contribution < -0.4 is 15.6 Å². The zero-order valence-electron chi connectivity index (χ0n) is 12.8. The van der Waals surface area contributed by atoms with E-state index in [4.69, 9.17) is 4.74 Å². The second-order valence-electron chi connectivity index (χ2n) is 4.74. The predicted octanol–water partition coefficient (Wildman–Crippen LogP) is 1.78. The number of amides is 1. The third-order valence-electron chi connectivity index (χ3n) is 3.08. The Bertz CT molecular complexity index is 921. The van der Waals surface area contributed by atoms with Gasteiger partial charge >= 0.3 is 0 Å². The third kappa shape index (κ3) is 3.57. The fourth-order valence-corrected chi connectivity index (χ4v) is 2.72. The molecule has 0 fully saturated rings. The summed E-state index contributed by atoms with van der Waals surface area (Å²) >= 11 is 1.13. The number of carbonyl (C=O) groups excluding carboxylic acids is 1. The van der Waals surface area contributed by atoms with Crippen molar-refractivity contribution in [2.24, 2.45) is 0 Å². The molecule has 3 N–H and O–H groups in total. The van der Waals surface area contributed by atoms with E-state index in [0.29, 0.717) is 34.4 Å². The Morgan fingerprint density at radius 3 is 3.04 bits per heavy atom. The van der Waals surface area contributed by atoms with E-state index in [1.165, 1.54) is 6.33 Å². The third-order valence-corrected chi connectivity index (χ3v) is 3.95. The van der Waals surface area contributed by atoms with Gasteiger partial charge in [-0.1, -0.05) is 23.9 Å². The maximum Gasteiger partial charge on any atom is 0.277 e. The quantitative estimate of drug-likeness (QED) is 0.464. The van der Waals surface area contributed by atoms with Crippen LogP contribution >= 0.6 is 11.8 Å². The van der Waals surface area contributed by atoms with Gasteiger partial charge in [-0.15, -0.1) is 0 Å². The molecular formula is C15H15N5O3S. The minimum Gasteiger partial charge on any atom is -0.492 e. The number of hydrogen-bond donors (Lipinski definition) is 3. The van der Waals surface area contributed by atoms with Crippen molar-refractivity contribution in [2.75, 3.05) is 17.7 Å². The molecule has 0 spiro atoms. The molecule has 8 nitrogen and oxygen atoms in total. The van der Waals surface area contributed by atoms with E-state index in [2.05, 4.69) is 25.3 Å². The number of ether oxygens (including phenoxy) is 1. The fourth-order valence-electron chi connectivity index (χ4n) is 2.06. The van der Waals surface area contributed by atoms with Gasteiger partial charge < -0.3 is 15.0 Å². The van der Waals surface area contributed by atoms with Gasteiger partial charge in [-0.3, -0.25) is 14.6 Å². The maximum absolute atomic E-state index is 12.1. The molecule has 0 radical (unpaired) electrons. The first-order valence-corrected chi connectivity index (χ1v) is 8.24. The van der Waals surface area contributed by atoms with Gasteiger partial charge in [-0.2, -0.15) is 0 Å². The average molecular weight is 345 g/mol. The number of benzene rings is 1. The first-order chi connectivity index (χ1) is 11.7. The largest absolute Gasteiger partial charge is 0.492 e. The Balaban J connectivity index is 1.66. The highest BCUT2D eigenvalue weighted by Crippen LogP contribution is 2.24. The average Bonchev–Trinajstić information content (AvgIpc) is 3.04. The molecule has 0 aliphatic carbocycles. The van der Waals surface area contributed by atoms with E-state index >= 15 is 0 Å². The van der Waals surface area contributed by atoms with E-state index in [1.807, 2.05) is 19.1 Å². The number of imidazole rings is 1. The lowest BCUT2D eigenvalue weighted by Crippen LogP contribution is -2.16. The summed E-state index contributed by atoms with van der Waals surface area (Å²) in [5, 5.41) is 3.13. The number of fused-ring (bicyclic) bond motifs is 1. The van der Waals surface area contributed by atoms with E-state index in [1.54, 1.807) is 12.1 Å². The van der Waals surface area contributed by atoms with Crippen LogP contribution in [0.1, 0.15) is 6.92 Å². The van der Waals surface area contributed by atoms with Crippen LogP contribution in [-0.4, -0.2) is 38.2 Å². The van der Waals surface area contributed by atoms with Gasteiger partial charge in [0.05, 0.1) is 24.4 Å². The Morgan fingerprint density at radius 1 is 1.38 bits per heavy atom. The zero-order valence-corrected chi connectivity index (χ0v) is 13.6. The molecule has 0 atom stereocenters. The summed E-state index contributed by atoms with van der Waals surface area (Å²) in [5.41, 5.74) is 0.925. The van der Waals surface area contributed by atoms with Crippen LogP contribution in [0.3, 0.4) is 0 Å². The molecule has 0 saturated heterocycles. The second kappa shape index (κ2) is 7.18. The van der Waals surface area contributed by atoms with Gasteiger partial charge in [0, 0.05) is 0 Å². The molecule has 2 aromatic heterocycles. The molecule has 1 aromatic carbocycles. The fraction of sp³-hybridized carbons (Fsp3) is 0.200. The highest BCUT2D eigenvalue weighted by Gasteiger charge is 2.11. The van der Waals surface area contributed by atoms with Gasteiger partial charge in [-0.05, 0) is 19.1 Å². The SMILES string of the molecule is CCOc1ccccc1NC(=O)CSc1nc2nc[nH]c2c(=O)[nH]1. The summed E-state index contributed by atoms with van der Waals surface area (Å²) in [4.78, 5) is 37.4. The lowest BCUT2D eigenvalue weighted by atomic mass is 10.3. The topological polar surface area (TPSA) is 113 Å². The van der Waals surface area contributed by atoms with Crippen molar-refractivity contribution >= 4 is 34.5 Å². The highest BCUT2D eigenvalue weighted by molar-refractivity contribution is 7.99. The molecule has 0 aliphatic rings. The van der Waals surface area contributed by atoms with E-state index < -0.39 is 0 Å². The molecule has 24 heavy (non-hydrogen) atoms. The van der Waals surface area contributed by atoms with Crippen molar-refractivity contribution in [1.82, 2.24) is 19.9 Å². The normalized spacial score (nSPS) is 10.7. The summed E-state index contributed by atoms with van der Waals surface area (Å²) in [6.07, 6.45) is 1.40. The van der Waals surface area contributed by atoms with Crippen LogP contribution in [0, 0.1) is 0 Å². The molecular weight excluding hydrogens is 330 g/mol. The summed E-state index contributed by atoms with van der Waals surface area (Å²) in [5.74, 6) is 0.485. The standard InChI is InChI=1S/C15H15N5O3S/c1-2-23-10-6-4-3-5-9(10)18-11(21)7-24-15-19-13-12(14(22)20-15)16-8-17-13/h3-6,8H,2,7H2,1H3,(H,18,21)(H2,16,17,19,20,22). The summed E-state index contributed by atoms with van der Waals surface area (Å²) in [6.45, 7) is 2.39. The molecule has 0 saturated carbocycles. The molecule has 124 valence electrons. The number of aromatic nitrogens is 4. The first kappa shape index (κ1) is 16.1. The van der Waals surface area contributed by atoms with Crippen LogP contribution in [0.5, 0.6) is 5.75 Å². The summed E-state index contributed by atoms with van der Waals surface area (Å²) in [7, 11) is 0. The lowest BCUT2D eigenvalue weighted by molar-refractivity contribution is -0.113. The number of anilines is 1. The number of hydrogen-bond acceptors (Lipinski definition) is 6. The van der Waals surface area contributed by atoms with Gasteiger partial charge in [0.15, 0.2) is 16.3 Å². The molecule has 0 aliphatic heterocycles. The number of thioether (sulfide) groups is 1. The van der Waals surface area contributed by atoms with E-state index in [9.17, 15) is 9.59 Å². The summed E-state index contributed by atoms with van der Waals surface area (Å²) in [6, 6.07) is 7.21. The van der Waals surface area contributed by atoms with Crippen molar-refractivity contribution in [2.45, 2.75) is 12.1 Å². The van der Waals surface area contributed by atoms with Crippen LogP contribution in [0.15, 0.2) is 40.5 Å². The number of aromatic amines is 2. The Kier molecular flexibility index (Phi) is 4.80. The Labute approximate surface area is 141 Å².